The first kappa shape index (κ1) is 24.4. The van der Waals surface area contributed by atoms with Crippen LogP contribution in [0.15, 0.2) is 40.7 Å². The number of hydrogen-bond acceptors (Lipinski definition) is 8. The smallest absolute Gasteiger partial charge is 0.336 e. The van der Waals surface area contributed by atoms with Crippen LogP contribution in [0.5, 0.6) is 11.5 Å². The molecule has 0 unspecified atom stereocenters. The minimum atomic E-state index is -0.940. The summed E-state index contributed by atoms with van der Waals surface area (Å²) in [4.78, 5) is 39.2. The van der Waals surface area contributed by atoms with E-state index >= 15 is 0 Å². The number of hydrogen-bond donors (Lipinski definition) is 1. The van der Waals surface area contributed by atoms with E-state index in [0.29, 0.717) is 52.6 Å². The third kappa shape index (κ3) is 4.47. The maximum absolute atomic E-state index is 13.7. The summed E-state index contributed by atoms with van der Waals surface area (Å²) in [6.07, 6.45) is 0.471. The molecule has 0 fully saturated rings. The second-order valence-corrected chi connectivity index (χ2v) is 8.10. The quantitative estimate of drug-likeness (QED) is 0.492. The van der Waals surface area contributed by atoms with Gasteiger partial charge in [0.15, 0.2) is 17.3 Å². The maximum Gasteiger partial charge on any atom is 0.336 e. The summed E-state index contributed by atoms with van der Waals surface area (Å²) in [6, 6.07) is 5.32. The van der Waals surface area contributed by atoms with Crippen LogP contribution in [0.2, 0.25) is 0 Å². The van der Waals surface area contributed by atoms with E-state index < -0.39 is 23.8 Å². The van der Waals surface area contributed by atoms with Crippen molar-refractivity contribution in [2.45, 2.75) is 40.0 Å². The van der Waals surface area contributed by atoms with Crippen LogP contribution >= 0.6 is 0 Å². The van der Waals surface area contributed by atoms with E-state index in [-0.39, 0.29) is 18.3 Å². The number of nitrogens with one attached hydrogen (secondary N) is 1. The first-order valence-corrected chi connectivity index (χ1v) is 11.1. The molecule has 8 heteroatoms. The number of allylic oxidation sites excluding steroid dienone is 3. The fourth-order valence-electron chi connectivity index (χ4n) is 4.63. The number of esters is 2. The second kappa shape index (κ2) is 10.1. The van der Waals surface area contributed by atoms with E-state index in [4.69, 9.17) is 18.9 Å². The van der Waals surface area contributed by atoms with E-state index in [0.717, 1.165) is 0 Å². The summed E-state index contributed by atoms with van der Waals surface area (Å²) >= 11 is 0. The fraction of sp³-hybridized carbons (Fsp3) is 0.480. The zero-order valence-corrected chi connectivity index (χ0v) is 19.9. The number of benzene rings is 1. The Balaban J connectivity index is 2.21. The lowest BCUT2D eigenvalue weighted by atomic mass is 9.69. The van der Waals surface area contributed by atoms with E-state index in [1.807, 2.05) is 13.8 Å². The van der Waals surface area contributed by atoms with Crippen molar-refractivity contribution >= 4 is 17.7 Å². The third-order valence-corrected chi connectivity index (χ3v) is 6.06. The van der Waals surface area contributed by atoms with Crippen molar-refractivity contribution in [3.8, 4) is 11.5 Å². The molecule has 1 aromatic rings. The lowest BCUT2D eigenvalue weighted by Gasteiger charge is -2.38. The minimum Gasteiger partial charge on any atom is -0.493 e. The highest BCUT2D eigenvalue weighted by Gasteiger charge is 2.47. The molecule has 1 aliphatic carbocycles. The van der Waals surface area contributed by atoms with Crippen LogP contribution in [-0.4, -0.2) is 45.2 Å². The molecule has 0 saturated heterocycles. The summed E-state index contributed by atoms with van der Waals surface area (Å²) in [5, 5.41) is 3.24. The van der Waals surface area contributed by atoms with Crippen LogP contribution in [0, 0.1) is 11.8 Å². The molecule has 0 spiro atoms. The molecule has 3 rings (SSSR count). The van der Waals surface area contributed by atoms with Crippen molar-refractivity contribution in [1.29, 1.82) is 0 Å². The average Bonchev–Trinajstić information content (AvgIpc) is 2.78. The molecule has 33 heavy (non-hydrogen) atoms. The fourth-order valence-corrected chi connectivity index (χ4v) is 4.63. The highest BCUT2D eigenvalue weighted by molar-refractivity contribution is 6.12. The molecule has 1 N–H and O–H groups in total. The SMILES string of the molecule is CCOC(=O)C1=C(C)NC2=C(C(=O)[C@@H](C(=O)OC)[C@H](C)C2)[C@H]1c1ccc(OCC)c(OC)c1. The molecular formula is C25H31NO7. The number of ketones is 1. The van der Waals surface area contributed by atoms with Gasteiger partial charge in [-0.15, -0.1) is 0 Å². The summed E-state index contributed by atoms with van der Waals surface area (Å²) in [6.45, 7) is 7.89. The van der Waals surface area contributed by atoms with Gasteiger partial charge in [0.1, 0.15) is 5.92 Å². The largest absolute Gasteiger partial charge is 0.493 e. The molecule has 3 atom stereocenters. The molecule has 0 bridgehead atoms. The van der Waals surface area contributed by atoms with Gasteiger partial charge in [0.05, 0.1) is 33.0 Å². The predicted molar refractivity (Wildman–Crippen MR) is 121 cm³/mol. The summed E-state index contributed by atoms with van der Waals surface area (Å²) < 4.78 is 21.4. The topological polar surface area (TPSA) is 100 Å². The Morgan fingerprint density at radius 2 is 1.85 bits per heavy atom. The van der Waals surface area contributed by atoms with Gasteiger partial charge in [-0.1, -0.05) is 13.0 Å². The lowest BCUT2D eigenvalue weighted by Crippen LogP contribution is -2.43. The highest BCUT2D eigenvalue weighted by Crippen LogP contribution is 2.46. The number of dihydropyridines is 1. The van der Waals surface area contributed by atoms with E-state index in [9.17, 15) is 14.4 Å². The predicted octanol–water partition coefficient (Wildman–Crippen LogP) is 3.27. The Labute approximate surface area is 193 Å². The number of rotatable bonds is 7. The lowest BCUT2D eigenvalue weighted by molar-refractivity contribution is -0.151. The van der Waals surface area contributed by atoms with Crippen LogP contribution < -0.4 is 14.8 Å². The molecule has 0 saturated carbocycles. The van der Waals surface area contributed by atoms with Gasteiger partial charge >= 0.3 is 11.9 Å². The first-order chi connectivity index (χ1) is 15.8. The number of methoxy groups -OCH3 is 2. The number of carbonyl (C=O) groups is 3. The Kier molecular flexibility index (Phi) is 7.46. The monoisotopic (exact) mass is 457 g/mol. The third-order valence-electron chi connectivity index (χ3n) is 6.06. The normalized spacial score (nSPS) is 22.4. The zero-order chi connectivity index (χ0) is 24.3. The van der Waals surface area contributed by atoms with Gasteiger partial charge in [-0.05, 0) is 50.8 Å². The Morgan fingerprint density at radius 1 is 1.12 bits per heavy atom. The molecule has 8 nitrogen and oxygen atoms in total. The van der Waals surface area contributed by atoms with Gasteiger partial charge in [-0.2, -0.15) is 0 Å². The van der Waals surface area contributed by atoms with Crippen molar-refractivity contribution in [2.75, 3.05) is 27.4 Å². The van der Waals surface area contributed by atoms with Gasteiger partial charge in [0.25, 0.3) is 0 Å². The van der Waals surface area contributed by atoms with Crippen molar-refractivity contribution in [1.82, 2.24) is 5.32 Å². The van der Waals surface area contributed by atoms with Crippen LogP contribution in [0.1, 0.15) is 45.6 Å². The Morgan fingerprint density at radius 3 is 2.45 bits per heavy atom. The summed E-state index contributed by atoms with van der Waals surface area (Å²) in [7, 11) is 2.80. The zero-order valence-electron chi connectivity index (χ0n) is 19.9. The van der Waals surface area contributed by atoms with Crippen LogP contribution in [-0.2, 0) is 23.9 Å². The van der Waals surface area contributed by atoms with Gasteiger partial charge in [-0.3, -0.25) is 9.59 Å². The highest BCUT2D eigenvalue weighted by atomic mass is 16.5. The molecule has 1 heterocycles. The summed E-state index contributed by atoms with van der Waals surface area (Å²) in [5.41, 5.74) is 2.69. The van der Waals surface area contributed by atoms with Crippen LogP contribution in [0.25, 0.3) is 0 Å². The van der Waals surface area contributed by atoms with E-state index in [1.54, 1.807) is 32.0 Å². The average molecular weight is 458 g/mol. The number of carbonyl (C=O) groups excluding carboxylic acids is 3. The Bertz CT molecular complexity index is 1020. The first-order valence-electron chi connectivity index (χ1n) is 11.1. The number of Topliss-reactive ketones (excluding diaryl/α,β-unsaturated/α-hetero) is 1. The van der Waals surface area contributed by atoms with E-state index in [1.165, 1.54) is 14.2 Å². The molecule has 0 aromatic heterocycles. The molecule has 1 aromatic carbocycles. The standard InChI is InChI=1S/C25H31NO7/c1-7-32-17-10-9-15(12-18(17)30-5)21-20(25(29)33-8-2)14(4)26-16-11-13(3)19(24(28)31-6)23(27)22(16)21/h9-10,12-13,19,21,26H,7-8,11H2,1-6H3/t13-,19+,21+/m1/s1. The second-order valence-electron chi connectivity index (χ2n) is 8.10. The molecule has 178 valence electrons. The van der Waals surface area contributed by atoms with Crippen molar-refractivity contribution in [2.24, 2.45) is 11.8 Å². The van der Waals surface area contributed by atoms with Gasteiger partial charge in [0, 0.05) is 22.9 Å². The van der Waals surface area contributed by atoms with Gasteiger partial charge in [0.2, 0.25) is 0 Å². The summed E-state index contributed by atoms with van der Waals surface area (Å²) in [5.74, 6) is -2.32. The van der Waals surface area contributed by atoms with Crippen molar-refractivity contribution in [3.63, 3.8) is 0 Å². The van der Waals surface area contributed by atoms with Gasteiger partial charge < -0.3 is 24.3 Å². The van der Waals surface area contributed by atoms with E-state index in [2.05, 4.69) is 5.32 Å². The molecule has 2 aliphatic rings. The van der Waals surface area contributed by atoms with Crippen molar-refractivity contribution < 1.29 is 33.3 Å². The van der Waals surface area contributed by atoms with Crippen LogP contribution in [0.4, 0.5) is 0 Å². The molecule has 1 aliphatic heterocycles. The van der Waals surface area contributed by atoms with Crippen LogP contribution in [0.3, 0.4) is 0 Å². The minimum absolute atomic E-state index is 0.191. The van der Waals surface area contributed by atoms with Gasteiger partial charge in [-0.25, -0.2) is 4.79 Å². The molecule has 0 radical (unpaired) electrons. The number of ether oxygens (including phenoxy) is 4. The van der Waals surface area contributed by atoms with Crippen molar-refractivity contribution in [3.05, 3.63) is 46.3 Å². The molecule has 0 amide bonds. The Hall–Kier alpha value is -3.29. The molecular weight excluding hydrogens is 426 g/mol. The maximum atomic E-state index is 13.7.